The first-order valence-corrected chi connectivity index (χ1v) is 5.98. The number of aryl methyl sites for hydroxylation is 3. The fraction of sp³-hybridized carbons (Fsp3) is 0.250. The van der Waals surface area contributed by atoms with E-state index in [1.165, 1.54) is 40.7 Å². The van der Waals surface area contributed by atoms with Crippen molar-refractivity contribution in [3.8, 4) is 0 Å². The molecule has 0 radical (unpaired) electrons. The molecule has 1 aliphatic carbocycles. The molecular formula is C16H16. The third-order valence-corrected chi connectivity index (χ3v) is 3.52. The molecule has 0 saturated carbocycles. The Morgan fingerprint density at radius 3 is 2.25 bits per heavy atom. The Labute approximate surface area is 96.9 Å². The van der Waals surface area contributed by atoms with Crippen LogP contribution in [0.5, 0.6) is 0 Å². The zero-order valence-corrected chi connectivity index (χ0v) is 9.66. The highest BCUT2D eigenvalue weighted by atomic mass is 14.2. The number of hydrogen-bond donors (Lipinski definition) is 0. The summed E-state index contributed by atoms with van der Waals surface area (Å²) in [5.74, 6) is 0. The number of rotatable bonds is 0. The van der Waals surface area contributed by atoms with Gasteiger partial charge in [0, 0.05) is 0 Å². The van der Waals surface area contributed by atoms with Gasteiger partial charge in [0.25, 0.3) is 0 Å². The van der Waals surface area contributed by atoms with Gasteiger partial charge in [-0.15, -0.1) is 0 Å². The van der Waals surface area contributed by atoms with Crippen molar-refractivity contribution >= 4 is 0 Å². The molecule has 2 aromatic carbocycles. The predicted octanol–water partition coefficient (Wildman–Crippen LogP) is 3.68. The van der Waals surface area contributed by atoms with Crippen LogP contribution in [0.1, 0.15) is 27.8 Å². The number of hydrogen-bond acceptors (Lipinski definition) is 0. The van der Waals surface area contributed by atoms with Crippen molar-refractivity contribution in [2.75, 3.05) is 0 Å². The summed E-state index contributed by atoms with van der Waals surface area (Å²) < 4.78 is 0. The lowest BCUT2D eigenvalue weighted by atomic mass is 9.99. The molecule has 80 valence electrons. The van der Waals surface area contributed by atoms with Crippen LogP contribution in [0.2, 0.25) is 0 Å². The summed E-state index contributed by atoms with van der Waals surface area (Å²) in [7, 11) is 0. The SMILES string of the molecule is Cc1ccc2c(c1)Cc1ccccc1CC2. The van der Waals surface area contributed by atoms with Gasteiger partial charge in [-0.1, -0.05) is 48.0 Å². The van der Waals surface area contributed by atoms with Gasteiger partial charge in [-0.05, 0) is 48.4 Å². The Bertz CT molecular complexity index is 523. The average Bonchev–Trinajstić information content (AvgIpc) is 2.47. The summed E-state index contributed by atoms with van der Waals surface area (Å²) >= 11 is 0. The summed E-state index contributed by atoms with van der Waals surface area (Å²) in [4.78, 5) is 0. The van der Waals surface area contributed by atoms with Crippen LogP contribution < -0.4 is 0 Å². The monoisotopic (exact) mass is 208 g/mol. The first-order valence-electron chi connectivity index (χ1n) is 5.98. The molecule has 3 rings (SSSR count). The minimum absolute atomic E-state index is 1.10. The van der Waals surface area contributed by atoms with Crippen LogP contribution in [-0.4, -0.2) is 0 Å². The Kier molecular flexibility index (Phi) is 2.28. The lowest BCUT2D eigenvalue weighted by molar-refractivity contribution is 0.964. The zero-order valence-electron chi connectivity index (χ0n) is 9.66. The molecule has 1 aliphatic rings. The van der Waals surface area contributed by atoms with E-state index in [2.05, 4.69) is 49.4 Å². The second-order valence-corrected chi connectivity index (χ2v) is 4.72. The molecule has 0 heteroatoms. The van der Waals surface area contributed by atoms with Gasteiger partial charge in [0.15, 0.2) is 0 Å². The van der Waals surface area contributed by atoms with Gasteiger partial charge in [-0.2, -0.15) is 0 Å². The molecule has 2 aromatic rings. The summed E-state index contributed by atoms with van der Waals surface area (Å²) in [6, 6.07) is 15.7. The Hall–Kier alpha value is -1.56. The van der Waals surface area contributed by atoms with Gasteiger partial charge < -0.3 is 0 Å². The van der Waals surface area contributed by atoms with E-state index in [9.17, 15) is 0 Å². The molecule has 0 atom stereocenters. The second-order valence-electron chi connectivity index (χ2n) is 4.72. The number of fused-ring (bicyclic) bond motifs is 2. The molecule has 0 N–H and O–H groups in total. The summed E-state index contributed by atoms with van der Waals surface area (Å²) in [6.07, 6.45) is 3.48. The summed E-state index contributed by atoms with van der Waals surface area (Å²) in [5, 5.41) is 0. The van der Waals surface area contributed by atoms with Crippen LogP contribution >= 0.6 is 0 Å². The Morgan fingerprint density at radius 2 is 1.44 bits per heavy atom. The average molecular weight is 208 g/mol. The van der Waals surface area contributed by atoms with Crippen molar-refractivity contribution in [2.45, 2.75) is 26.2 Å². The number of benzene rings is 2. The third-order valence-electron chi connectivity index (χ3n) is 3.52. The molecule has 0 aromatic heterocycles. The maximum atomic E-state index is 2.34. The van der Waals surface area contributed by atoms with Gasteiger partial charge >= 0.3 is 0 Å². The minimum atomic E-state index is 1.10. The van der Waals surface area contributed by atoms with E-state index in [1.807, 2.05) is 0 Å². The molecule has 0 nitrogen and oxygen atoms in total. The molecule has 0 unspecified atom stereocenters. The maximum Gasteiger partial charge on any atom is -0.00202 e. The van der Waals surface area contributed by atoms with E-state index in [1.54, 1.807) is 0 Å². The highest BCUT2D eigenvalue weighted by Gasteiger charge is 2.12. The van der Waals surface area contributed by atoms with Crippen LogP contribution in [0.25, 0.3) is 0 Å². The second kappa shape index (κ2) is 3.79. The lowest BCUT2D eigenvalue weighted by Gasteiger charge is -2.06. The third kappa shape index (κ3) is 1.65. The van der Waals surface area contributed by atoms with E-state index in [0.717, 1.165) is 6.42 Å². The van der Waals surface area contributed by atoms with Crippen LogP contribution in [-0.2, 0) is 19.3 Å². The highest BCUT2D eigenvalue weighted by Crippen LogP contribution is 2.24. The van der Waals surface area contributed by atoms with E-state index in [0.29, 0.717) is 0 Å². The Balaban J connectivity index is 2.10. The van der Waals surface area contributed by atoms with Gasteiger partial charge in [-0.3, -0.25) is 0 Å². The van der Waals surface area contributed by atoms with E-state index >= 15 is 0 Å². The van der Waals surface area contributed by atoms with Gasteiger partial charge in [-0.25, -0.2) is 0 Å². The molecular weight excluding hydrogens is 192 g/mol. The highest BCUT2D eigenvalue weighted by molar-refractivity contribution is 5.41. The quantitative estimate of drug-likeness (QED) is 0.619. The fourth-order valence-corrected chi connectivity index (χ4v) is 2.61. The van der Waals surface area contributed by atoms with E-state index in [-0.39, 0.29) is 0 Å². The van der Waals surface area contributed by atoms with E-state index < -0.39 is 0 Å². The first kappa shape index (κ1) is 9.65. The zero-order chi connectivity index (χ0) is 11.0. The van der Waals surface area contributed by atoms with Gasteiger partial charge in [0.1, 0.15) is 0 Å². The van der Waals surface area contributed by atoms with Crippen LogP contribution in [0.4, 0.5) is 0 Å². The first-order chi connectivity index (χ1) is 7.83. The summed E-state index contributed by atoms with van der Waals surface area (Å²) in [5.41, 5.74) is 7.45. The van der Waals surface area contributed by atoms with Crippen molar-refractivity contribution in [3.63, 3.8) is 0 Å². The standard InChI is InChI=1S/C16H16/c1-12-6-7-14-9-8-13-4-2-3-5-15(13)11-16(14)10-12/h2-7,10H,8-9,11H2,1H3. The predicted molar refractivity (Wildman–Crippen MR) is 67.8 cm³/mol. The van der Waals surface area contributed by atoms with Crippen molar-refractivity contribution in [3.05, 3.63) is 70.3 Å². The van der Waals surface area contributed by atoms with Crippen LogP contribution in [0, 0.1) is 6.92 Å². The Morgan fingerprint density at radius 1 is 0.750 bits per heavy atom. The van der Waals surface area contributed by atoms with Gasteiger partial charge in [0.05, 0.1) is 0 Å². The molecule has 0 heterocycles. The normalized spacial score (nSPS) is 13.8. The molecule has 0 spiro atoms. The van der Waals surface area contributed by atoms with Crippen molar-refractivity contribution < 1.29 is 0 Å². The largest absolute Gasteiger partial charge is 0.0620 e. The molecule has 0 amide bonds. The van der Waals surface area contributed by atoms with Gasteiger partial charge in [0.2, 0.25) is 0 Å². The summed E-state index contributed by atoms with van der Waals surface area (Å²) in [6.45, 7) is 2.18. The topological polar surface area (TPSA) is 0 Å². The molecule has 0 aliphatic heterocycles. The molecule has 0 fully saturated rings. The van der Waals surface area contributed by atoms with Crippen molar-refractivity contribution in [1.82, 2.24) is 0 Å². The van der Waals surface area contributed by atoms with E-state index in [4.69, 9.17) is 0 Å². The molecule has 0 saturated heterocycles. The molecule has 0 bridgehead atoms. The minimum Gasteiger partial charge on any atom is -0.0620 e. The van der Waals surface area contributed by atoms with Crippen molar-refractivity contribution in [1.29, 1.82) is 0 Å². The fourth-order valence-electron chi connectivity index (χ4n) is 2.61. The maximum absolute atomic E-state index is 2.34. The van der Waals surface area contributed by atoms with Crippen LogP contribution in [0.15, 0.2) is 42.5 Å². The van der Waals surface area contributed by atoms with Crippen molar-refractivity contribution in [2.24, 2.45) is 0 Å². The van der Waals surface area contributed by atoms with Crippen LogP contribution in [0.3, 0.4) is 0 Å². The smallest absolute Gasteiger partial charge is 0.00202 e. The lowest BCUT2D eigenvalue weighted by Crippen LogP contribution is -1.92. The molecule has 16 heavy (non-hydrogen) atoms.